The van der Waals surface area contributed by atoms with Gasteiger partial charge in [-0.15, -0.1) is 0 Å². The average molecular weight is 161 g/mol. The van der Waals surface area contributed by atoms with E-state index >= 15 is 0 Å². The molecule has 1 aliphatic heterocycles. The molecule has 0 aromatic rings. The van der Waals surface area contributed by atoms with Crippen molar-refractivity contribution in [1.82, 2.24) is 5.32 Å². The van der Waals surface area contributed by atoms with Crippen LogP contribution in [0.25, 0.3) is 0 Å². The molecule has 0 aliphatic carbocycles. The van der Waals surface area contributed by atoms with E-state index in [1.807, 2.05) is 6.92 Å². The maximum Gasteiger partial charge on any atom is 0.174 e. The second-order valence-electron chi connectivity index (χ2n) is 2.11. The van der Waals surface area contributed by atoms with Crippen LogP contribution in [-0.2, 0) is 9.47 Å². The van der Waals surface area contributed by atoms with Gasteiger partial charge in [-0.3, -0.25) is 0 Å². The smallest absolute Gasteiger partial charge is 0.174 e. The minimum Gasteiger partial charge on any atom is -0.375 e. The van der Waals surface area contributed by atoms with Gasteiger partial charge in [0, 0.05) is 0 Å². The van der Waals surface area contributed by atoms with Gasteiger partial charge in [0.25, 0.3) is 0 Å². The zero-order chi connectivity index (χ0) is 7.40. The Bertz CT molecular complexity index is 123. The number of nitrogens with one attached hydrogen (secondary N) is 1. The molecule has 58 valence electrons. The summed E-state index contributed by atoms with van der Waals surface area (Å²) in [6.45, 7) is 3.89. The summed E-state index contributed by atoms with van der Waals surface area (Å²) in [7, 11) is 0. The highest BCUT2D eigenvalue weighted by Gasteiger charge is 2.14. The lowest BCUT2D eigenvalue weighted by molar-refractivity contribution is -0.0360. The number of hydrogen-bond donors (Lipinski definition) is 1. The summed E-state index contributed by atoms with van der Waals surface area (Å²) >= 11 is 4.81. The fourth-order valence-electron chi connectivity index (χ4n) is 0.752. The van der Waals surface area contributed by atoms with Gasteiger partial charge in [0.1, 0.15) is 0 Å². The van der Waals surface area contributed by atoms with E-state index in [2.05, 4.69) is 5.32 Å². The van der Waals surface area contributed by atoms with Gasteiger partial charge in [0.05, 0.1) is 24.7 Å². The van der Waals surface area contributed by atoms with Crippen LogP contribution in [0.5, 0.6) is 0 Å². The van der Waals surface area contributed by atoms with Crippen LogP contribution >= 0.6 is 12.2 Å². The summed E-state index contributed by atoms with van der Waals surface area (Å²) in [5.41, 5.74) is 0. The Balaban J connectivity index is 2.07. The zero-order valence-electron chi connectivity index (χ0n) is 5.92. The van der Waals surface area contributed by atoms with E-state index in [-0.39, 0.29) is 6.29 Å². The summed E-state index contributed by atoms with van der Waals surface area (Å²) in [6, 6.07) is 0. The molecule has 1 fully saturated rings. The van der Waals surface area contributed by atoms with Crippen molar-refractivity contribution in [3.63, 3.8) is 0 Å². The minimum atomic E-state index is -0.0992. The quantitative estimate of drug-likeness (QED) is 0.590. The maximum absolute atomic E-state index is 5.16. The Kier molecular flexibility index (Phi) is 3.05. The van der Waals surface area contributed by atoms with Gasteiger partial charge in [0.15, 0.2) is 6.29 Å². The lowest BCUT2D eigenvalue weighted by atomic mass is 10.6. The molecule has 0 aromatic heterocycles. The van der Waals surface area contributed by atoms with Crippen LogP contribution < -0.4 is 5.32 Å². The molecule has 3 nitrogen and oxygen atoms in total. The van der Waals surface area contributed by atoms with Crippen LogP contribution in [0.3, 0.4) is 0 Å². The first-order valence-corrected chi connectivity index (χ1v) is 3.67. The first-order chi connectivity index (χ1) is 4.79. The largest absolute Gasteiger partial charge is 0.375 e. The first-order valence-electron chi connectivity index (χ1n) is 3.26. The lowest BCUT2D eigenvalue weighted by Gasteiger charge is -2.09. The summed E-state index contributed by atoms with van der Waals surface area (Å²) in [5, 5.41) is 2.97. The van der Waals surface area contributed by atoms with Gasteiger partial charge in [-0.1, -0.05) is 12.2 Å². The molecule has 1 aliphatic rings. The molecule has 10 heavy (non-hydrogen) atoms. The predicted octanol–water partition coefficient (Wildman–Crippen LogP) is 0.296. The number of ether oxygens (including phenoxy) is 2. The molecule has 0 aromatic carbocycles. The molecule has 0 amide bonds. The molecule has 1 heterocycles. The van der Waals surface area contributed by atoms with Crippen molar-refractivity contribution in [1.29, 1.82) is 0 Å². The topological polar surface area (TPSA) is 30.5 Å². The van der Waals surface area contributed by atoms with E-state index in [0.717, 1.165) is 4.99 Å². The van der Waals surface area contributed by atoms with Crippen LogP contribution in [0.15, 0.2) is 0 Å². The molecule has 0 atom stereocenters. The van der Waals surface area contributed by atoms with Crippen molar-refractivity contribution in [3.05, 3.63) is 0 Å². The molecule has 1 N–H and O–H groups in total. The molecule has 4 heteroatoms. The normalized spacial score (nSPS) is 19.3. The van der Waals surface area contributed by atoms with Crippen LogP contribution in [0.2, 0.25) is 0 Å². The second-order valence-corrected chi connectivity index (χ2v) is 2.72. The summed E-state index contributed by atoms with van der Waals surface area (Å²) < 4.78 is 10.3. The molecular weight excluding hydrogens is 150 g/mol. The Morgan fingerprint density at radius 3 is 2.70 bits per heavy atom. The number of rotatable bonds is 2. The standard InChI is InChI=1S/C6H11NO2S/c1-5(10)7-4-6-8-2-3-9-6/h6H,2-4H2,1H3,(H,7,10). The third kappa shape index (κ3) is 2.60. The highest BCUT2D eigenvalue weighted by Crippen LogP contribution is 2.00. The molecule has 1 rings (SSSR count). The van der Waals surface area contributed by atoms with Crippen molar-refractivity contribution in [3.8, 4) is 0 Å². The SMILES string of the molecule is CC(=S)NCC1OCCO1. The van der Waals surface area contributed by atoms with E-state index in [4.69, 9.17) is 21.7 Å². The van der Waals surface area contributed by atoms with Gasteiger partial charge in [-0.05, 0) is 6.92 Å². The Morgan fingerprint density at radius 1 is 1.60 bits per heavy atom. The molecule has 0 radical (unpaired) electrons. The van der Waals surface area contributed by atoms with Gasteiger partial charge in [0.2, 0.25) is 0 Å². The van der Waals surface area contributed by atoms with Crippen molar-refractivity contribution < 1.29 is 9.47 Å². The Hall–Kier alpha value is -0.190. The third-order valence-electron chi connectivity index (χ3n) is 1.21. The lowest BCUT2D eigenvalue weighted by Crippen LogP contribution is -2.29. The van der Waals surface area contributed by atoms with E-state index in [9.17, 15) is 0 Å². The summed E-state index contributed by atoms with van der Waals surface area (Å²) in [5.74, 6) is 0. The van der Waals surface area contributed by atoms with E-state index in [0.29, 0.717) is 19.8 Å². The van der Waals surface area contributed by atoms with Crippen LogP contribution in [0.4, 0.5) is 0 Å². The molecular formula is C6H11NO2S. The van der Waals surface area contributed by atoms with Gasteiger partial charge < -0.3 is 14.8 Å². The molecule has 0 unspecified atom stereocenters. The highest BCUT2D eigenvalue weighted by molar-refractivity contribution is 7.80. The average Bonchev–Trinajstić information content (AvgIpc) is 2.34. The Morgan fingerprint density at radius 2 is 2.20 bits per heavy atom. The van der Waals surface area contributed by atoms with E-state index in [1.54, 1.807) is 0 Å². The first kappa shape index (κ1) is 7.91. The van der Waals surface area contributed by atoms with Gasteiger partial charge in [-0.25, -0.2) is 0 Å². The molecule has 0 spiro atoms. The van der Waals surface area contributed by atoms with Crippen molar-refractivity contribution in [2.45, 2.75) is 13.2 Å². The van der Waals surface area contributed by atoms with E-state index < -0.39 is 0 Å². The molecule has 1 saturated heterocycles. The van der Waals surface area contributed by atoms with Crippen LogP contribution in [0, 0.1) is 0 Å². The molecule has 0 bridgehead atoms. The number of thiocarbonyl (C=S) groups is 1. The summed E-state index contributed by atoms with van der Waals surface area (Å²) in [6.07, 6.45) is -0.0992. The van der Waals surface area contributed by atoms with Gasteiger partial charge in [-0.2, -0.15) is 0 Å². The minimum absolute atomic E-state index is 0.0992. The predicted molar refractivity (Wildman–Crippen MR) is 42.0 cm³/mol. The van der Waals surface area contributed by atoms with Gasteiger partial charge >= 0.3 is 0 Å². The zero-order valence-corrected chi connectivity index (χ0v) is 6.74. The van der Waals surface area contributed by atoms with Crippen LogP contribution in [-0.4, -0.2) is 31.0 Å². The van der Waals surface area contributed by atoms with Crippen molar-refractivity contribution >= 4 is 17.2 Å². The summed E-state index contributed by atoms with van der Waals surface area (Å²) in [4.78, 5) is 0.777. The Labute approximate surface area is 65.7 Å². The van der Waals surface area contributed by atoms with E-state index in [1.165, 1.54) is 0 Å². The molecule has 0 saturated carbocycles. The third-order valence-corrected chi connectivity index (χ3v) is 1.35. The fraction of sp³-hybridized carbons (Fsp3) is 0.833. The monoisotopic (exact) mass is 161 g/mol. The second kappa shape index (κ2) is 3.85. The van der Waals surface area contributed by atoms with Crippen molar-refractivity contribution in [2.75, 3.05) is 19.8 Å². The maximum atomic E-state index is 5.16. The highest BCUT2D eigenvalue weighted by atomic mass is 32.1. The van der Waals surface area contributed by atoms with Crippen molar-refractivity contribution in [2.24, 2.45) is 0 Å². The number of hydrogen-bond acceptors (Lipinski definition) is 3. The fourth-order valence-corrected chi connectivity index (χ4v) is 0.835. The van der Waals surface area contributed by atoms with Crippen LogP contribution in [0.1, 0.15) is 6.92 Å².